The maximum Gasteiger partial charge on any atom is 0.176 e. The van der Waals surface area contributed by atoms with Crippen molar-refractivity contribution in [2.45, 2.75) is 12.1 Å². The Labute approximate surface area is 147 Å². The zero-order valence-electron chi connectivity index (χ0n) is 14.3. The Hall–Kier alpha value is -1.68. The molecule has 1 aliphatic heterocycles. The second-order valence-electron chi connectivity index (χ2n) is 5.96. The zero-order chi connectivity index (χ0) is 18.6. The van der Waals surface area contributed by atoms with E-state index in [1.54, 1.807) is 23.1 Å². The third-order valence-corrected chi connectivity index (χ3v) is 5.93. The summed E-state index contributed by atoms with van der Waals surface area (Å²) in [5.41, 5.74) is 6.00. The van der Waals surface area contributed by atoms with E-state index in [1.165, 1.54) is 14.2 Å². The van der Waals surface area contributed by atoms with Gasteiger partial charge in [0.15, 0.2) is 27.1 Å². The number of benzene rings is 1. The van der Waals surface area contributed by atoms with Crippen LogP contribution in [0, 0.1) is 0 Å². The third kappa shape index (κ3) is 4.69. The van der Waals surface area contributed by atoms with E-state index >= 15 is 0 Å². The van der Waals surface area contributed by atoms with Gasteiger partial charge in [0.05, 0.1) is 44.4 Å². The van der Waals surface area contributed by atoms with E-state index < -0.39 is 22.0 Å². The second kappa shape index (κ2) is 8.13. The molecule has 140 valence electrons. The van der Waals surface area contributed by atoms with Crippen LogP contribution >= 0.6 is 0 Å². The molecule has 1 saturated heterocycles. The van der Waals surface area contributed by atoms with Gasteiger partial charge in [0.1, 0.15) is 0 Å². The molecule has 0 bridgehead atoms. The first-order valence-electron chi connectivity index (χ1n) is 7.89. The van der Waals surface area contributed by atoms with Gasteiger partial charge in [-0.3, -0.25) is 9.69 Å². The summed E-state index contributed by atoms with van der Waals surface area (Å²) in [7, 11) is -0.325. The molecule has 0 spiro atoms. The first kappa shape index (κ1) is 19.6. The lowest BCUT2D eigenvalue weighted by Gasteiger charge is -2.29. The normalized spacial score (nSPS) is 22.1. The first-order valence-corrected chi connectivity index (χ1v) is 9.71. The number of aliphatic hydroxyl groups excluding tert-OH is 1. The van der Waals surface area contributed by atoms with Crippen molar-refractivity contribution in [3.8, 4) is 11.5 Å². The second-order valence-corrected chi connectivity index (χ2v) is 8.12. The molecule has 0 radical (unpaired) electrons. The number of ether oxygens (including phenoxy) is 2. The van der Waals surface area contributed by atoms with Crippen molar-refractivity contribution in [2.24, 2.45) is 5.73 Å². The summed E-state index contributed by atoms with van der Waals surface area (Å²) in [6.45, 7) is 0.530. The van der Waals surface area contributed by atoms with Crippen LogP contribution in [0.1, 0.15) is 10.4 Å². The SMILES string of the molecule is COc1ccc(C(=O)CN(CCN)[C@H]2CS(=O)(=O)C[C@@H]2O)cc1OC. The fraction of sp³-hybridized carbons (Fsp3) is 0.562. The standard InChI is InChI=1S/C16H24N2O6S/c1-23-15-4-3-11(7-16(15)24-2)13(19)8-18(6-5-17)12-9-25(21,22)10-14(12)20/h3-4,7,12,14,20H,5-6,8-10,17H2,1-2H3/t12-,14-/m0/s1. The number of aliphatic hydroxyl groups is 1. The molecule has 1 aromatic carbocycles. The van der Waals surface area contributed by atoms with E-state index in [4.69, 9.17) is 15.2 Å². The molecule has 25 heavy (non-hydrogen) atoms. The lowest BCUT2D eigenvalue weighted by Crippen LogP contribution is -2.47. The van der Waals surface area contributed by atoms with Crippen LogP contribution < -0.4 is 15.2 Å². The molecule has 0 aromatic heterocycles. The summed E-state index contributed by atoms with van der Waals surface area (Å²) in [4.78, 5) is 14.2. The lowest BCUT2D eigenvalue weighted by atomic mass is 10.1. The Morgan fingerprint density at radius 2 is 1.96 bits per heavy atom. The van der Waals surface area contributed by atoms with Crippen LogP contribution in [0.15, 0.2) is 18.2 Å². The van der Waals surface area contributed by atoms with Gasteiger partial charge in [-0.2, -0.15) is 0 Å². The molecular formula is C16H24N2O6S. The van der Waals surface area contributed by atoms with Gasteiger partial charge < -0.3 is 20.3 Å². The molecule has 1 aliphatic rings. The number of carbonyl (C=O) groups excluding carboxylic acids is 1. The Bertz CT molecular complexity index is 721. The molecule has 0 aliphatic carbocycles. The summed E-state index contributed by atoms with van der Waals surface area (Å²) in [6, 6.07) is 4.20. The van der Waals surface area contributed by atoms with E-state index in [0.29, 0.717) is 23.6 Å². The van der Waals surface area contributed by atoms with Crippen molar-refractivity contribution in [3.63, 3.8) is 0 Å². The van der Waals surface area contributed by atoms with Crippen molar-refractivity contribution < 1.29 is 27.8 Å². The summed E-state index contributed by atoms with van der Waals surface area (Å²) < 4.78 is 33.8. The highest BCUT2D eigenvalue weighted by molar-refractivity contribution is 7.91. The van der Waals surface area contributed by atoms with Crippen LogP contribution in [-0.2, 0) is 9.84 Å². The smallest absolute Gasteiger partial charge is 0.176 e. The minimum Gasteiger partial charge on any atom is -0.493 e. The fourth-order valence-electron chi connectivity index (χ4n) is 2.97. The maximum absolute atomic E-state index is 12.6. The van der Waals surface area contributed by atoms with Gasteiger partial charge in [-0.15, -0.1) is 0 Å². The highest BCUT2D eigenvalue weighted by Crippen LogP contribution is 2.28. The monoisotopic (exact) mass is 372 g/mol. The average Bonchev–Trinajstić information content (AvgIpc) is 2.86. The first-order chi connectivity index (χ1) is 11.8. The minimum atomic E-state index is -3.31. The number of nitrogens with two attached hydrogens (primary N) is 1. The highest BCUT2D eigenvalue weighted by atomic mass is 32.2. The fourth-order valence-corrected chi connectivity index (χ4v) is 4.80. The minimum absolute atomic E-state index is 0.0378. The number of nitrogens with zero attached hydrogens (tertiary/aromatic N) is 1. The van der Waals surface area contributed by atoms with Crippen molar-refractivity contribution in [2.75, 3.05) is 45.4 Å². The number of ketones is 1. The molecule has 2 atom stereocenters. The van der Waals surface area contributed by atoms with Gasteiger partial charge in [0.25, 0.3) is 0 Å². The van der Waals surface area contributed by atoms with Gasteiger partial charge in [-0.1, -0.05) is 0 Å². The molecule has 0 unspecified atom stereocenters. The Balaban J connectivity index is 2.18. The predicted molar refractivity (Wildman–Crippen MR) is 93.0 cm³/mol. The van der Waals surface area contributed by atoms with E-state index in [-0.39, 0.29) is 30.4 Å². The van der Waals surface area contributed by atoms with Crippen LogP contribution in [0.25, 0.3) is 0 Å². The predicted octanol–water partition coefficient (Wildman–Crippen LogP) is -0.695. The lowest BCUT2D eigenvalue weighted by molar-refractivity contribution is 0.0708. The molecular weight excluding hydrogens is 348 g/mol. The van der Waals surface area contributed by atoms with Gasteiger partial charge in [0, 0.05) is 18.7 Å². The van der Waals surface area contributed by atoms with Gasteiger partial charge in [-0.05, 0) is 18.2 Å². The van der Waals surface area contributed by atoms with Crippen LogP contribution in [0.2, 0.25) is 0 Å². The zero-order valence-corrected chi connectivity index (χ0v) is 15.2. The van der Waals surface area contributed by atoms with Crippen LogP contribution in [-0.4, -0.2) is 81.7 Å². The quantitative estimate of drug-likeness (QED) is 0.575. The average molecular weight is 372 g/mol. The van der Waals surface area contributed by atoms with E-state index in [1.807, 2.05) is 0 Å². The van der Waals surface area contributed by atoms with Gasteiger partial charge >= 0.3 is 0 Å². The summed E-state index contributed by atoms with van der Waals surface area (Å²) in [6.07, 6.45) is -1.02. The largest absolute Gasteiger partial charge is 0.493 e. The van der Waals surface area contributed by atoms with Crippen molar-refractivity contribution >= 4 is 15.6 Å². The van der Waals surface area contributed by atoms with Crippen LogP contribution in [0.3, 0.4) is 0 Å². The molecule has 1 fully saturated rings. The topological polar surface area (TPSA) is 119 Å². The number of methoxy groups -OCH3 is 2. The number of carbonyl (C=O) groups is 1. The van der Waals surface area contributed by atoms with Crippen molar-refractivity contribution in [3.05, 3.63) is 23.8 Å². The van der Waals surface area contributed by atoms with Gasteiger partial charge in [-0.25, -0.2) is 8.42 Å². The number of Topliss-reactive ketones (excluding diaryl/α,β-unsaturated/α-hetero) is 1. The number of hydrogen-bond donors (Lipinski definition) is 2. The highest BCUT2D eigenvalue weighted by Gasteiger charge is 2.40. The summed E-state index contributed by atoms with van der Waals surface area (Å²) in [5, 5.41) is 10.0. The molecule has 8 nitrogen and oxygen atoms in total. The van der Waals surface area contributed by atoms with Crippen molar-refractivity contribution in [1.82, 2.24) is 4.90 Å². The van der Waals surface area contributed by atoms with E-state index in [0.717, 1.165) is 0 Å². The molecule has 1 aromatic rings. The van der Waals surface area contributed by atoms with Crippen LogP contribution in [0.5, 0.6) is 11.5 Å². The summed E-state index contributed by atoms with van der Waals surface area (Å²) >= 11 is 0. The molecule has 3 N–H and O–H groups in total. The van der Waals surface area contributed by atoms with E-state index in [2.05, 4.69) is 0 Å². The maximum atomic E-state index is 12.6. The number of rotatable bonds is 8. The number of hydrogen-bond acceptors (Lipinski definition) is 8. The molecule has 9 heteroatoms. The third-order valence-electron chi connectivity index (χ3n) is 4.23. The Morgan fingerprint density at radius 1 is 1.28 bits per heavy atom. The number of sulfone groups is 1. The van der Waals surface area contributed by atoms with Gasteiger partial charge in [0.2, 0.25) is 0 Å². The molecule has 0 amide bonds. The molecule has 0 saturated carbocycles. The molecule has 1 heterocycles. The van der Waals surface area contributed by atoms with E-state index in [9.17, 15) is 18.3 Å². The molecule has 2 rings (SSSR count). The Kier molecular flexibility index (Phi) is 6.39. The van der Waals surface area contributed by atoms with Crippen molar-refractivity contribution in [1.29, 1.82) is 0 Å². The summed E-state index contributed by atoms with van der Waals surface area (Å²) in [5.74, 6) is 0.264. The Morgan fingerprint density at radius 3 is 2.48 bits per heavy atom. The van der Waals surface area contributed by atoms with Crippen LogP contribution in [0.4, 0.5) is 0 Å².